The first-order valence-corrected chi connectivity index (χ1v) is 7.34. The minimum absolute atomic E-state index is 0.821. The van der Waals surface area contributed by atoms with Gasteiger partial charge in [0.15, 0.2) is 0 Å². The highest BCUT2D eigenvalue weighted by atomic mass is 35.9. The van der Waals surface area contributed by atoms with Crippen LogP contribution in [0, 0.1) is 0 Å². The van der Waals surface area contributed by atoms with Crippen LogP contribution in [-0.4, -0.2) is 6.16 Å². The number of hydrogen-bond donors (Lipinski definition) is 0. The van der Waals surface area contributed by atoms with Crippen LogP contribution in [0.15, 0.2) is 0 Å². The molecule has 8 heavy (non-hydrogen) atoms. The van der Waals surface area contributed by atoms with E-state index in [-0.39, 0.29) is 0 Å². The van der Waals surface area contributed by atoms with Crippen LogP contribution in [0.3, 0.4) is 0 Å². The second kappa shape index (κ2) is 4.11. The molecule has 0 aliphatic heterocycles. The molecule has 0 aromatic carbocycles. The highest BCUT2D eigenvalue weighted by molar-refractivity contribution is 8.39. The summed E-state index contributed by atoms with van der Waals surface area (Å²) in [5, 5.41) is 0. The lowest BCUT2D eigenvalue weighted by atomic mass is 10.4. The molecule has 0 amide bonds. The maximum absolute atomic E-state index is 5.60. The molecule has 0 radical (unpaired) electrons. The van der Waals surface area contributed by atoms with Gasteiger partial charge in [0.05, 0.1) is 0 Å². The van der Waals surface area contributed by atoms with Crippen molar-refractivity contribution < 1.29 is 0 Å². The molecule has 0 bridgehead atoms. The monoisotopic (exact) mass is 190 g/mol. The minimum Gasteiger partial charge on any atom is -0.0684 e. The van der Waals surface area contributed by atoms with E-state index >= 15 is 0 Å². The number of hydrogen-bond acceptors (Lipinski definition) is 1. The Hall–Kier alpha value is 1.23. The van der Waals surface area contributed by atoms with Crippen LogP contribution in [0.5, 0.6) is 0 Å². The summed E-state index contributed by atoms with van der Waals surface area (Å²) in [6.45, 7) is 2.10. The van der Waals surface area contributed by atoms with Crippen molar-refractivity contribution in [2.24, 2.45) is 0 Å². The van der Waals surface area contributed by atoms with E-state index < -0.39 is 4.74 Å². The summed E-state index contributed by atoms with van der Waals surface area (Å²) < 4.78 is -1.90. The van der Waals surface area contributed by atoms with Crippen molar-refractivity contribution >= 4 is 39.0 Å². The lowest BCUT2D eigenvalue weighted by Gasteiger charge is -2.00. The van der Waals surface area contributed by atoms with Gasteiger partial charge < -0.3 is 0 Å². The zero-order chi connectivity index (χ0) is 6.62. The number of halogens is 2. The average Bonchev–Trinajstić information content (AvgIpc) is 1.59. The molecule has 0 fully saturated rings. The van der Waals surface area contributed by atoms with Crippen LogP contribution >= 0.6 is 27.2 Å². The molecule has 0 saturated carbocycles. The van der Waals surface area contributed by atoms with E-state index in [9.17, 15) is 0 Å². The quantitative estimate of drug-likeness (QED) is 0.614. The third-order valence-corrected chi connectivity index (χ3v) is 3.17. The molecule has 0 saturated heterocycles. The van der Waals surface area contributed by atoms with Crippen LogP contribution in [0.4, 0.5) is 0 Å². The van der Waals surface area contributed by atoms with E-state index in [0.29, 0.717) is 0 Å². The van der Waals surface area contributed by atoms with Crippen molar-refractivity contribution in [3.63, 3.8) is 0 Å². The Kier molecular flexibility index (Phi) is 4.74. The summed E-state index contributed by atoms with van der Waals surface area (Å²) in [5.74, 6) is 0. The van der Waals surface area contributed by atoms with Gasteiger partial charge in [-0.05, 0) is 6.42 Å². The highest BCUT2D eigenvalue weighted by Crippen LogP contribution is 2.57. The van der Waals surface area contributed by atoms with Crippen molar-refractivity contribution in [1.29, 1.82) is 0 Å². The topological polar surface area (TPSA) is 0 Å². The van der Waals surface area contributed by atoms with Gasteiger partial charge in [-0.2, -0.15) is 0 Å². The van der Waals surface area contributed by atoms with Gasteiger partial charge >= 0.3 is 0 Å². The van der Waals surface area contributed by atoms with Crippen LogP contribution in [0.25, 0.3) is 0 Å². The van der Waals surface area contributed by atoms with Gasteiger partial charge in [-0.15, -0.1) is 0 Å². The van der Waals surface area contributed by atoms with Gasteiger partial charge in [0, 0.05) is 6.16 Å². The fraction of sp³-hybridized carbons (Fsp3) is 1.00. The molecule has 0 aliphatic rings. The predicted molar refractivity (Wildman–Crippen MR) is 45.8 cm³/mol. The maximum Gasteiger partial charge on any atom is 0.120 e. The van der Waals surface area contributed by atoms with Gasteiger partial charge in [0.2, 0.25) is 0 Å². The Morgan fingerprint density at radius 1 is 1.50 bits per heavy atom. The predicted octanol–water partition coefficient (Wildman–Crippen LogP) is 3.57. The summed E-state index contributed by atoms with van der Waals surface area (Å²) >= 11 is 16.0. The van der Waals surface area contributed by atoms with E-state index in [2.05, 4.69) is 6.92 Å². The van der Waals surface area contributed by atoms with E-state index in [1.807, 2.05) is 0 Å². The molecule has 0 unspecified atom stereocenters. The Morgan fingerprint density at radius 3 is 2.12 bits per heavy atom. The normalized spacial score (nSPS) is 11.9. The Morgan fingerprint density at radius 2 is 2.00 bits per heavy atom. The summed E-state index contributed by atoms with van der Waals surface area (Å²) in [7, 11) is 0. The molecular formula is C4H9Cl2PS. The van der Waals surface area contributed by atoms with Crippen molar-refractivity contribution in [1.82, 2.24) is 0 Å². The Balaban J connectivity index is 3.26. The zero-order valence-corrected chi connectivity index (χ0v) is 7.96. The Bertz CT molecular complexity index is 98.2. The fourth-order valence-corrected chi connectivity index (χ4v) is 2.13. The smallest absolute Gasteiger partial charge is 0.0684 e. The fourth-order valence-electron chi connectivity index (χ4n) is 0.342. The van der Waals surface area contributed by atoms with Crippen LogP contribution in [-0.2, 0) is 11.8 Å². The first-order valence-electron chi connectivity index (χ1n) is 2.54. The molecule has 0 spiro atoms. The third-order valence-electron chi connectivity index (χ3n) is 0.772. The van der Waals surface area contributed by atoms with Gasteiger partial charge in [-0.25, -0.2) is 0 Å². The standard InChI is InChI=1S/C4H9Cl2PS/c1-2-3-4-7(5,6)8/h2-4H2,1H3. The molecule has 0 atom stereocenters. The molecule has 4 heteroatoms. The van der Waals surface area contributed by atoms with Gasteiger partial charge in [0.1, 0.15) is 4.74 Å². The first-order chi connectivity index (χ1) is 3.56. The van der Waals surface area contributed by atoms with Crippen LogP contribution in [0.2, 0.25) is 0 Å². The zero-order valence-electron chi connectivity index (χ0n) is 4.73. The second-order valence-electron chi connectivity index (χ2n) is 1.65. The molecule has 50 valence electrons. The van der Waals surface area contributed by atoms with Crippen LogP contribution in [0.1, 0.15) is 19.8 Å². The lowest BCUT2D eigenvalue weighted by Crippen LogP contribution is -1.74. The minimum atomic E-state index is -1.90. The molecule has 0 N–H and O–H groups in total. The molecule has 0 aromatic heterocycles. The molecule has 0 rings (SSSR count). The number of unbranched alkanes of at least 4 members (excludes halogenated alkanes) is 1. The summed E-state index contributed by atoms with van der Waals surface area (Å²) in [4.78, 5) is 0. The van der Waals surface area contributed by atoms with E-state index in [1.54, 1.807) is 0 Å². The van der Waals surface area contributed by atoms with Crippen molar-refractivity contribution in [3.8, 4) is 0 Å². The lowest BCUT2D eigenvalue weighted by molar-refractivity contribution is 0.895. The average molecular weight is 191 g/mol. The van der Waals surface area contributed by atoms with E-state index in [0.717, 1.165) is 19.0 Å². The van der Waals surface area contributed by atoms with Crippen molar-refractivity contribution in [2.75, 3.05) is 6.16 Å². The van der Waals surface area contributed by atoms with E-state index in [1.165, 1.54) is 0 Å². The molecule has 0 nitrogen and oxygen atoms in total. The van der Waals surface area contributed by atoms with E-state index in [4.69, 9.17) is 34.3 Å². The molecule has 0 heterocycles. The third kappa shape index (κ3) is 7.23. The second-order valence-corrected chi connectivity index (χ2v) is 10.3. The van der Waals surface area contributed by atoms with Gasteiger partial charge in [0.25, 0.3) is 0 Å². The SMILES string of the molecule is CCCCP(=S)(Cl)Cl. The summed E-state index contributed by atoms with van der Waals surface area (Å²) in [6.07, 6.45) is 3.00. The molecular weight excluding hydrogens is 182 g/mol. The first kappa shape index (κ1) is 9.23. The summed E-state index contributed by atoms with van der Waals surface area (Å²) in [6, 6.07) is 0. The van der Waals surface area contributed by atoms with Crippen molar-refractivity contribution in [3.05, 3.63) is 0 Å². The summed E-state index contributed by atoms with van der Waals surface area (Å²) in [5.41, 5.74) is 0. The largest absolute Gasteiger partial charge is 0.120 e. The van der Waals surface area contributed by atoms with Crippen LogP contribution < -0.4 is 0 Å². The Labute approximate surface area is 65.1 Å². The number of rotatable bonds is 3. The highest BCUT2D eigenvalue weighted by Gasteiger charge is 2.04. The maximum atomic E-state index is 5.60. The molecule has 0 aliphatic carbocycles. The molecule has 0 aromatic rings. The van der Waals surface area contributed by atoms with Crippen molar-refractivity contribution in [2.45, 2.75) is 19.8 Å². The van der Waals surface area contributed by atoms with Gasteiger partial charge in [-0.1, -0.05) is 47.6 Å². The van der Waals surface area contributed by atoms with Gasteiger partial charge in [-0.3, -0.25) is 0 Å².